The van der Waals surface area contributed by atoms with Crippen molar-refractivity contribution in [2.45, 2.75) is 19.4 Å². The third-order valence-electron chi connectivity index (χ3n) is 3.48. The van der Waals surface area contributed by atoms with Crippen LogP contribution in [0.1, 0.15) is 30.6 Å². The van der Waals surface area contributed by atoms with Crippen LogP contribution in [0.2, 0.25) is 5.02 Å². The number of thiophene rings is 1. The summed E-state index contributed by atoms with van der Waals surface area (Å²) in [4.78, 5) is 4.51. The Labute approximate surface area is 133 Å². The average molecular weight is 317 g/mol. The number of rotatable bonds is 5. The van der Waals surface area contributed by atoms with Crippen LogP contribution in [0.3, 0.4) is 0 Å². The first-order chi connectivity index (χ1) is 10.3. The quantitative estimate of drug-likeness (QED) is 0.713. The van der Waals surface area contributed by atoms with Crippen LogP contribution in [-0.4, -0.2) is 11.5 Å². The van der Waals surface area contributed by atoms with Crippen LogP contribution in [0.25, 0.3) is 10.1 Å². The lowest BCUT2D eigenvalue weighted by Gasteiger charge is -2.20. The number of halogens is 1. The fourth-order valence-corrected chi connectivity index (χ4v) is 3.67. The van der Waals surface area contributed by atoms with E-state index < -0.39 is 0 Å². The molecule has 3 aromatic rings. The van der Waals surface area contributed by atoms with Crippen LogP contribution < -0.4 is 5.32 Å². The molecule has 21 heavy (non-hydrogen) atoms. The summed E-state index contributed by atoms with van der Waals surface area (Å²) in [5.74, 6) is 0. The van der Waals surface area contributed by atoms with E-state index in [4.69, 9.17) is 11.6 Å². The molecule has 2 nitrogen and oxygen atoms in total. The van der Waals surface area contributed by atoms with Crippen molar-refractivity contribution in [2.24, 2.45) is 0 Å². The summed E-state index contributed by atoms with van der Waals surface area (Å²) >= 11 is 8.14. The average Bonchev–Trinajstić information content (AvgIpc) is 2.98. The highest BCUT2D eigenvalue weighted by Crippen LogP contribution is 2.33. The van der Waals surface area contributed by atoms with Gasteiger partial charge in [0.1, 0.15) is 0 Å². The molecule has 0 amide bonds. The Bertz CT molecular complexity index is 738. The number of nitrogens with one attached hydrogen (secondary N) is 1. The van der Waals surface area contributed by atoms with Crippen LogP contribution in [0.5, 0.6) is 0 Å². The zero-order valence-electron chi connectivity index (χ0n) is 11.8. The highest BCUT2D eigenvalue weighted by Gasteiger charge is 2.20. The van der Waals surface area contributed by atoms with Gasteiger partial charge in [0.2, 0.25) is 0 Å². The maximum atomic E-state index is 6.37. The maximum Gasteiger partial charge on any atom is 0.0804 e. The zero-order valence-corrected chi connectivity index (χ0v) is 13.4. The molecule has 2 aromatic heterocycles. The van der Waals surface area contributed by atoms with Gasteiger partial charge in [-0.05, 0) is 47.5 Å². The van der Waals surface area contributed by atoms with Crippen molar-refractivity contribution in [1.82, 2.24) is 10.3 Å². The Morgan fingerprint density at radius 3 is 2.95 bits per heavy atom. The topological polar surface area (TPSA) is 24.9 Å². The van der Waals surface area contributed by atoms with Gasteiger partial charge in [0.05, 0.1) is 16.8 Å². The van der Waals surface area contributed by atoms with E-state index in [1.54, 1.807) is 17.5 Å². The van der Waals surface area contributed by atoms with Crippen molar-refractivity contribution >= 4 is 33.0 Å². The second kappa shape index (κ2) is 6.56. The highest BCUT2D eigenvalue weighted by atomic mass is 35.5. The van der Waals surface area contributed by atoms with E-state index in [2.05, 4.69) is 46.9 Å². The summed E-state index contributed by atoms with van der Waals surface area (Å²) in [6, 6.07) is 12.4. The Morgan fingerprint density at radius 2 is 2.14 bits per heavy atom. The fraction of sp³-hybridized carbons (Fsp3) is 0.235. The summed E-state index contributed by atoms with van der Waals surface area (Å²) in [6.45, 7) is 3.09. The maximum absolute atomic E-state index is 6.37. The van der Waals surface area contributed by atoms with Gasteiger partial charge in [-0.3, -0.25) is 4.98 Å². The monoisotopic (exact) mass is 316 g/mol. The van der Waals surface area contributed by atoms with Crippen LogP contribution >= 0.6 is 22.9 Å². The van der Waals surface area contributed by atoms with E-state index in [0.29, 0.717) is 5.02 Å². The number of pyridine rings is 1. The molecule has 0 bridgehead atoms. The van der Waals surface area contributed by atoms with Crippen LogP contribution in [0, 0.1) is 0 Å². The van der Waals surface area contributed by atoms with Gasteiger partial charge in [0.25, 0.3) is 0 Å². The lowest BCUT2D eigenvalue weighted by Crippen LogP contribution is -2.24. The Hall–Kier alpha value is -1.42. The van der Waals surface area contributed by atoms with Gasteiger partial charge < -0.3 is 5.32 Å². The number of hydrogen-bond donors (Lipinski definition) is 1. The van der Waals surface area contributed by atoms with Crippen LogP contribution in [0.15, 0.2) is 48.0 Å². The molecular weight excluding hydrogens is 300 g/mol. The summed E-state index contributed by atoms with van der Waals surface area (Å²) in [5, 5.41) is 7.69. The van der Waals surface area contributed by atoms with E-state index in [9.17, 15) is 0 Å². The first-order valence-corrected chi connectivity index (χ1v) is 8.37. The highest BCUT2D eigenvalue weighted by molar-refractivity contribution is 7.17. The molecule has 0 saturated heterocycles. The molecule has 1 unspecified atom stereocenters. The predicted octanol–water partition coefficient (Wildman–Crippen LogP) is 5.04. The lowest BCUT2D eigenvalue weighted by molar-refractivity contribution is 0.590. The van der Waals surface area contributed by atoms with Crippen molar-refractivity contribution in [2.75, 3.05) is 6.54 Å². The third kappa shape index (κ3) is 2.95. The van der Waals surface area contributed by atoms with Gasteiger partial charge in [0.15, 0.2) is 0 Å². The molecule has 0 spiro atoms. The smallest absolute Gasteiger partial charge is 0.0804 e. The second-order valence-corrected chi connectivity index (χ2v) is 6.27. The molecule has 4 heteroatoms. The Balaban J connectivity index is 2.11. The van der Waals surface area contributed by atoms with Gasteiger partial charge in [-0.25, -0.2) is 0 Å². The largest absolute Gasteiger partial charge is 0.305 e. The standard InChI is InChI=1S/C17H17ClN2S/c1-2-9-19-15(16-14(18)7-4-10-20-16)13-6-3-5-12-8-11-21-17(12)13/h3-8,10-11,15,19H,2,9H2,1H3. The Morgan fingerprint density at radius 1 is 1.24 bits per heavy atom. The van der Waals surface area contributed by atoms with Crippen LogP contribution in [-0.2, 0) is 0 Å². The van der Waals surface area contributed by atoms with Crippen LogP contribution in [0.4, 0.5) is 0 Å². The van der Waals surface area contributed by atoms with Crippen molar-refractivity contribution in [1.29, 1.82) is 0 Å². The van der Waals surface area contributed by atoms with E-state index in [1.807, 2.05) is 12.1 Å². The normalized spacial score (nSPS) is 12.7. The number of benzene rings is 1. The van der Waals surface area contributed by atoms with Gasteiger partial charge in [-0.1, -0.05) is 36.7 Å². The minimum atomic E-state index is 0.0287. The van der Waals surface area contributed by atoms with E-state index in [1.165, 1.54) is 15.6 Å². The SMILES string of the molecule is CCCNC(c1ncccc1Cl)c1cccc2ccsc12. The molecule has 0 radical (unpaired) electrons. The fourth-order valence-electron chi connectivity index (χ4n) is 2.50. The summed E-state index contributed by atoms with van der Waals surface area (Å²) in [7, 11) is 0. The second-order valence-electron chi connectivity index (χ2n) is 4.94. The molecule has 3 rings (SSSR count). The predicted molar refractivity (Wildman–Crippen MR) is 91.2 cm³/mol. The van der Waals surface area contributed by atoms with Gasteiger partial charge >= 0.3 is 0 Å². The molecule has 0 saturated carbocycles. The summed E-state index contributed by atoms with van der Waals surface area (Å²) < 4.78 is 1.30. The van der Waals surface area contributed by atoms with Gasteiger partial charge in [-0.15, -0.1) is 11.3 Å². The zero-order chi connectivity index (χ0) is 14.7. The van der Waals surface area contributed by atoms with Gasteiger partial charge in [0, 0.05) is 10.9 Å². The molecule has 0 aliphatic carbocycles. The van der Waals surface area contributed by atoms with E-state index >= 15 is 0 Å². The van der Waals surface area contributed by atoms with Crippen molar-refractivity contribution < 1.29 is 0 Å². The Kier molecular flexibility index (Phi) is 4.54. The number of hydrogen-bond acceptors (Lipinski definition) is 3. The van der Waals surface area contributed by atoms with E-state index in [-0.39, 0.29) is 6.04 Å². The van der Waals surface area contributed by atoms with Crippen molar-refractivity contribution in [3.8, 4) is 0 Å². The molecular formula is C17H17ClN2S. The summed E-state index contributed by atoms with van der Waals surface area (Å²) in [6.07, 6.45) is 2.87. The molecule has 1 atom stereocenters. The number of nitrogens with zero attached hydrogens (tertiary/aromatic N) is 1. The molecule has 2 heterocycles. The first kappa shape index (κ1) is 14.5. The minimum Gasteiger partial charge on any atom is -0.305 e. The molecule has 108 valence electrons. The van der Waals surface area contributed by atoms with Crippen molar-refractivity contribution in [3.05, 3.63) is 64.3 Å². The molecule has 0 aliphatic rings. The molecule has 1 aromatic carbocycles. The first-order valence-electron chi connectivity index (χ1n) is 7.11. The van der Waals surface area contributed by atoms with Crippen molar-refractivity contribution in [3.63, 3.8) is 0 Å². The molecule has 0 fully saturated rings. The summed E-state index contributed by atoms with van der Waals surface area (Å²) in [5.41, 5.74) is 2.14. The third-order valence-corrected chi connectivity index (χ3v) is 4.78. The lowest BCUT2D eigenvalue weighted by atomic mass is 10.0. The minimum absolute atomic E-state index is 0.0287. The van der Waals surface area contributed by atoms with E-state index in [0.717, 1.165) is 18.7 Å². The number of fused-ring (bicyclic) bond motifs is 1. The number of aromatic nitrogens is 1. The molecule has 1 N–H and O–H groups in total. The molecule has 0 aliphatic heterocycles. The van der Waals surface area contributed by atoms with Gasteiger partial charge in [-0.2, -0.15) is 0 Å².